The van der Waals surface area contributed by atoms with Crippen LogP contribution >= 0.6 is 11.8 Å². The lowest BCUT2D eigenvalue weighted by atomic mass is 10.1. The highest BCUT2D eigenvalue weighted by molar-refractivity contribution is 8.18. The van der Waals surface area contributed by atoms with Gasteiger partial charge in [-0.3, -0.25) is 14.6 Å². The number of amides is 2. The summed E-state index contributed by atoms with van der Waals surface area (Å²) in [4.78, 5) is 33.3. The minimum atomic E-state index is -0.852. The Bertz CT molecular complexity index is 1130. The lowest BCUT2D eigenvalue weighted by molar-refractivity contribution is -0.119. The largest absolute Gasteiger partial charge is 0.368 e. The molecule has 1 aliphatic rings. The average Bonchev–Trinajstić information content (AvgIpc) is 3.05. The summed E-state index contributed by atoms with van der Waals surface area (Å²) in [5, 5.41) is 4.05. The molecule has 0 spiro atoms. The van der Waals surface area contributed by atoms with Crippen LogP contribution in [0.25, 0.3) is 17.0 Å². The number of fused-ring (bicyclic) bond motifs is 1. The van der Waals surface area contributed by atoms with Crippen LogP contribution in [-0.2, 0) is 9.59 Å². The molecule has 2 heterocycles. The van der Waals surface area contributed by atoms with Crippen molar-refractivity contribution in [3.05, 3.63) is 82.9 Å². The number of carbonyl (C=O) groups is 2. The summed E-state index contributed by atoms with van der Waals surface area (Å²) >= 11 is 1.19. The third kappa shape index (κ3) is 3.79. The van der Waals surface area contributed by atoms with E-state index in [9.17, 15) is 9.59 Å². The molecule has 2 amide bonds. The number of pyridine rings is 1. The summed E-state index contributed by atoms with van der Waals surface area (Å²) in [6.07, 6.45) is 3.53. The Labute approximate surface area is 165 Å². The minimum Gasteiger partial charge on any atom is -0.368 e. The van der Waals surface area contributed by atoms with Crippen molar-refractivity contribution in [3.8, 4) is 0 Å². The molecule has 0 unspecified atom stereocenters. The van der Waals surface area contributed by atoms with Gasteiger partial charge >= 0.3 is 0 Å². The van der Waals surface area contributed by atoms with Gasteiger partial charge in [-0.05, 0) is 47.2 Å². The molecule has 4 rings (SSSR count). The SMILES string of the molecule is NC(=O)[C@H](N=C1NC(=O)/C(=C/c2ccc3ncccc3c2)S1)c1ccccc1. The van der Waals surface area contributed by atoms with Gasteiger partial charge in [0.1, 0.15) is 0 Å². The number of nitrogens with two attached hydrogens (primary N) is 1. The van der Waals surface area contributed by atoms with E-state index in [0.29, 0.717) is 15.6 Å². The molecule has 28 heavy (non-hydrogen) atoms. The molecule has 0 saturated carbocycles. The molecule has 7 heteroatoms. The van der Waals surface area contributed by atoms with Crippen LogP contribution in [-0.4, -0.2) is 22.0 Å². The molecule has 138 valence electrons. The lowest BCUT2D eigenvalue weighted by Crippen LogP contribution is -2.25. The number of benzene rings is 2. The molecular formula is C21H16N4O2S. The fourth-order valence-electron chi connectivity index (χ4n) is 2.88. The van der Waals surface area contributed by atoms with Crippen LogP contribution in [0.5, 0.6) is 0 Å². The first-order chi connectivity index (χ1) is 13.6. The van der Waals surface area contributed by atoms with Crippen LogP contribution in [0.2, 0.25) is 0 Å². The molecule has 2 aromatic carbocycles. The van der Waals surface area contributed by atoms with Gasteiger partial charge in [-0.25, -0.2) is 4.99 Å². The van der Waals surface area contributed by atoms with Crippen LogP contribution < -0.4 is 11.1 Å². The quantitative estimate of drug-likeness (QED) is 0.671. The summed E-state index contributed by atoms with van der Waals surface area (Å²) in [5.74, 6) is -0.834. The maximum absolute atomic E-state index is 12.3. The second kappa shape index (κ2) is 7.66. The third-order valence-corrected chi connectivity index (χ3v) is 5.13. The van der Waals surface area contributed by atoms with E-state index in [1.807, 2.05) is 48.5 Å². The second-order valence-electron chi connectivity index (χ2n) is 6.17. The van der Waals surface area contributed by atoms with E-state index in [4.69, 9.17) is 5.73 Å². The van der Waals surface area contributed by atoms with Gasteiger partial charge in [-0.2, -0.15) is 0 Å². The predicted octanol–water partition coefficient (Wildman–Crippen LogP) is 3.02. The highest BCUT2D eigenvalue weighted by atomic mass is 32.2. The molecule has 1 saturated heterocycles. The first kappa shape index (κ1) is 17.9. The van der Waals surface area contributed by atoms with Crippen molar-refractivity contribution < 1.29 is 9.59 Å². The minimum absolute atomic E-state index is 0.258. The first-order valence-corrected chi connectivity index (χ1v) is 9.39. The van der Waals surface area contributed by atoms with Crippen LogP contribution in [0.4, 0.5) is 0 Å². The Morgan fingerprint density at radius 3 is 2.75 bits per heavy atom. The summed E-state index contributed by atoms with van der Waals surface area (Å²) in [7, 11) is 0. The van der Waals surface area contributed by atoms with Crippen molar-refractivity contribution in [2.45, 2.75) is 6.04 Å². The van der Waals surface area contributed by atoms with Gasteiger partial charge in [-0.15, -0.1) is 0 Å². The second-order valence-corrected chi connectivity index (χ2v) is 7.20. The molecule has 0 radical (unpaired) electrons. The van der Waals surface area contributed by atoms with Gasteiger partial charge in [0.25, 0.3) is 5.91 Å². The van der Waals surface area contributed by atoms with Crippen molar-refractivity contribution in [2.75, 3.05) is 0 Å². The van der Waals surface area contributed by atoms with Gasteiger partial charge in [0.2, 0.25) is 5.91 Å². The van der Waals surface area contributed by atoms with Crippen molar-refractivity contribution in [2.24, 2.45) is 10.7 Å². The van der Waals surface area contributed by atoms with Gasteiger partial charge < -0.3 is 11.1 Å². The van der Waals surface area contributed by atoms with Crippen molar-refractivity contribution >= 4 is 45.7 Å². The third-order valence-electron chi connectivity index (χ3n) is 4.21. The average molecular weight is 388 g/mol. The number of nitrogens with zero attached hydrogens (tertiary/aromatic N) is 2. The smallest absolute Gasteiger partial charge is 0.264 e. The standard InChI is InChI=1S/C21H16N4O2S/c22-19(26)18(14-5-2-1-3-6-14)24-21-25-20(27)17(28-21)12-13-8-9-16-15(11-13)7-4-10-23-16/h1-12,18H,(H2,22,26)(H,24,25,27)/b17-12-/t18-/m1/s1. The number of rotatable bonds is 4. The molecule has 0 bridgehead atoms. The number of thioether (sulfide) groups is 1. The van der Waals surface area contributed by atoms with E-state index < -0.39 is 11.9 Å². The maximum Gasteiger partial charge on any atom is 0.264 e. The lowest BCUT2D eigenvalue weighted by Gasteiger charge is -2.09. The van der Waals surface area contributed by atoms with Crippen LogP contribution in [0.3, 0.4) is 0 Å². The van der Waals surface area contributed by atoms with Gasteiger partial charge in [0, 0.05) is 11.6 Å². The number of aromatic nitrogens is 1. The number of hydrogen-bond donors (Lipinski definition) is 2. The molecule has 1 aliphatic heterocycles. The molecular weight excluding hydrogens is 372 g/mol. The van der Waals surface area contributed by atoms with Crippen molar-refractivity contribution in [1.82, 2.24) is 10.3 Å². The van der Waals surface area contributed by atoms with E-state index in [1.54, 1.807) is 24.4 Å². The van der Waals surface area contributed by atoms with Gasteiger partial charge in [-0.1, -0.05) is 42.5 Å². The fourth-order valence-corrected chi connectivity index (χ4v) is 3.73. The maximum atomic E-state index is 12.3. The Kier molecular flexibility index (Phi) is 4.90. The summed E-state index contributed by atoms with van der Waals surface area (Å²) in [5.41, 5.74) is 7.96. The van der Waals surface area contributed by atoms with Gasteiger partial charge in [0.05, 0.1) is 10.4 Å². The zero-order valence-corrected chi connectivity index (χ0v) is 15.5. The molecule has 0 aliphatic carbocycles. The Balaban J connectivity index is 1.61. The van der Waals surface area contributed by atoms with Crippen LogP contribution in [0.1, 0.15) is 17.2 Å². The van der Waals surface area contributed by atoms with E-state index >= 15 is 0 Å². The molecule has 1 aromatic heterocycles. The normalized spacial score (nSPS) is 17.8. The Morgan fingerprint density at radius 1 is 1.14 bits per heavy atom. The van der Waals surface area contributed by atoms with E-state index in [0.717, 1.165) is 16.5 Å². The van der Waals surface area contributed by atoms with E-state index in [1.165, 1.54) is 11.8 Å². The monoisotopic (exact) mass is 388 g/mol. The summed E-state index contributed by atoms with van der Waals surface area (Å²) in [6.45, 7) is 0. The number of primary amides is 1. The topological polar surface area (TPSA) is 97.4 Å². The molecule has 1 fully saturated rings. The number of nitrogens with one attached hydrogen (secondary N) is 1. The molecule has 1 atom stereocenters. The molecule has 3 N–H and O–H groups in total. The summed E-state index contributed by atoms with van der Waals surface area (Å²) in [6, 6.07) is 17.8. The first-order valence-electron chi connectivity index (χ1n) is 8.58. The predicted molar refractivity (Wildman–Crippen MR) is 111 cm³/mol. The number of amidine groups is 1. The van der Waals surface area contributed by atoms with Gasteiger partial charge in [0.15, 0.2) is 11.2 Å². The van der Waals surface area contributed by atoms with E-state index in [-0.39, 0.29) is 5.91 Å². The van der Waals surface area contributed by atoms with Crippen molar-refractivity contribution in [3.63, 3.8) is 0 Å². The zero-order chi connectivity index (χ0) is 19.5. The van der Waals surface area contributed by atoms with Crippen LogP contribution in [0.15, 0.2) is 76.8 Å². The Morgan fingerprint density at radius 2 is 1.96 bits per heavy atom. The van der Waals surface area contributed by atoms with Crippen molar-refractivity contribution in [1.29, 1.82) is 0 Å². The fraction of sp³-hybridized carbons (Fsp3) is 0.0476. The van der Waals surface area contributed by atoms with Crippen LogP contribution in [0, 0.1) is 0 Å². The molecule has 3 aromatic rings. The number of hydrogen-bond acceptors (Lipinski definition) is 5. The summed E-state index contributed by atoms with van der Waals surface area (Å²) < 4.78 is 0. The number of aliphatic imine (C=N–C) groups is 1. The number of carbonyl (C=O) groups excluding carboxylic acids is 2. The molecule has 6 nitrogen and oxygen atoms in total. The Hall–Kier alpha value is -3.45. The highest BCUT2D eigenvalue weighted by Gasteiger charge is 2.26. The van der Waals surface area contributed by atoms with E-state index in [2.05, 4.69) is 15.3 Å². The zero-order valence-electron chi connectivity index (χ0n) is 14.7. The highest BCUT2D eigenvalue weighted by Crippen LogP contribution is 2.29.